The Labute approximate surface area is 409 Å². The van der Waals surface area contributed by atoms with Gasteiger partial charge in [0.05, 0.1) is 10.3 Å². The first-order valence-corrected chi connectivity index (χ1v) is 23.8. The van der Waals surface area contributed by atoms with Crippen molar-refractivity contribution in [3.05, 3.63) is 158 Å². The fourth-order valence-electron chi connectivity index (χ4n) is 10.9. The molecule has 10 rings (SSSR count). The summed E-state index contributed by atoms with van der Waals surface area (Å²) in [5, 5.41) is 3.16. The van der Waals surface area contributed by atoms with Crippen molar-refractivity contribution in [3.8, 4) is 5.82 Å². The summed E-state index contributed by atoms with van der Waals surface area (Å²) in [6, 6.07) is 37.4. The third-order valence-electron chi connectivity index (χ3n) is 14.6. The summed E-state index contributed by atoms with van der Waals surface area (Å²) in [7, 11) is 0. The van der Waals surface area contributed by atoms with Crippen LogP contribution in [0.3, 0.4) is 0 Å². The summed E-state index contributed by atoms with van der Waals surface area (Å²) in [5.41, 5.74) is 15.2. The van der Waals surface area contributed by atoms with Gasteiger partial charge in [-0.25, -0.2) is 4.98 Å². The van der Waals surface area contributed by atoms with Crippen molar-refractivity contribution < 1.29 is 23.8 Å². The van der Waals surface area contributed by atoms with Crippen molar-refractivity contribution in [2.45, 2.75) is 144 Å². The summed E-state index contributed by atoms with van der Waals surface area (Å²) in [6.45, 7) is 35.7. The Bertz CT molecular complexity index is 3270. The minimum absolute atomic E-state index is 0. The van der Waals surface area contributed by atoms with Crippen LogP contribution in [0.2, 0.25) is 0 Å². The molecule has 0 spiro atoms. The van der Waals surface area contributed by atoms with Crippen molar-refractivity contribution in [1.29, 1.82) is 0 Å². The van der Waals surface area contributed by atoms with Gasteiger partial charge in [-0.1, -0.05) is 135 Å². The number of aromatic nitrogens is 2. The van der Waals surface area contributed by atoms with Crippen LogP contribution >= 0.6 is 11.8 Å². The van der Waals surface area contributed by atoms with Crippen molar-refractivity contribution in [1.82, 2.24) is 9.55 Å². The minimum atomic E-state index is -1.71. The number of aliphatic imine (C=N–C) groups is 1. The van der Waals surface area contributed by atoms with E-state index >= 15 is 0 Å². The average molecular weight is 1060 g/mol. The smallest absolute Gasteiger partial charge is 0.352 e. The van der Waals surface area contributed by atoms with E-state index in [1.54, 1.807) is 11.8 Å². The predicted octanol–water partition coefficient (Wildman–Crippen LogP) is 15.5. The van der Waals surface area contributed by atoms with Crippen molar-refractivity contribution in [2.75, 3.05) is 4.90 Å². The zero-order valence-corrected chi connectivity index (χ0v) is 44.2. The quantitative estimate of drug-likeness (QED) is 0.165. The van der Waals surface area contributed by atoms with Crippen LogP contribution in [-0.4, -0.2) is 20.1 Å². The number of hydrogen-bond acceptors (Lipinski definition) is 4. The van der Waals surface area contributed by atoms with Gasteiger partial charge in [0.25, 0.3) is 0 Å². The molecular weight excluding hydrogens is 992 g/mol. The second-order valence-corrected chi connectivity index (χ2v) is 24.0. The number of fused-ring (bicyclic) bond motifs is 8. The fourth-order valence-corrected chi connectivity index (χ4v) is 12.5. The van der Waals surface area contributed by atoms with Gasteiger partial charge in [-0.2, -0.15) is 6.07 Å². The molecule has 2 atom stereocenters. The zero-order chi connectivity index (χ0) is 47.6. The van der Waals surface area contributed by atoms with Crippen molar-refractivity contribution >= 4 is 55.7 Å². The molecule has 65 heavy (non-hydrogen) atoms. The Hall–Kier alpha value is -4.44. The van der Waals surface area contributed by atoms with Gasteiger partial charge in [0, 0.05) is 25.2 Å². The van der Waals surface area contributed by atoms with Crippen LogP contribution in [0, 0.1) is 45.2 Å². The monoisotopic (exact) mass is 1060 g/mol. The Morgan fingerprint density at radius 2 is 1.37 bits per heavy atom. The third-order valence-corrected chi connectivity index (χ3v) is 16.7. The van der Waals surface area contributed by atoms with E-state index in [4.69, 9.17) is 9.98 Å². The van der Waals surface area contributed by atoms with Crippen LogP contribution in [0.25, 0.3) is 27.6 Å². The molecule has 2 aromatic heterocycles. The molecule has 0 fully saturated rings. The van der Waals surface area contributed by atoms with E-state index in [0.717, 1.165) is 72.2 Å². The number of anilines is 3. The summed E-state index contributed by atoms with van der Waals surface area (Å²) in [5.74, 6) is 0.874. The molecule has 0 radical (unpaired) electrons. The molecule has 3 aliphatic rings. The molecule has 0 saturated heterocycles. The molecule has 4 nitrogen and oxygen atoms in total. The second kappa shape index (κ2) is 14.8. The van der Waals surface area contributed by atoms with E-state index in [-0.39, 0.29) is 42.7 Å². The first kappa shape index (κ1) is 43.1. The Morgan fingerprint density at radius 3 is 2.06 bits per heavy atom. The van der Waals surface area contributed by atoms with E-state index in [2.05, 4.69) is 211 Å². The largest absolute Gasteiger partial charge is 2.00 e. The zero-order valence-electron chi connectivity index (χ0n) is 43.1. The number of nitrogens with zero attached hydrogens (tertiary/aromatic N) is 4. The van der Waals surface area contributed by atoms with E-state index < -0.39 is 16.7 Å². The van der Waals surface area contributed by atoms with Gasteiger partial charge in [-0.3, -0.25) is 0 Å². The van der Waals surface area contributed by atoms with Gasteiger partial charge >= 0.3 is 21.1 Å². The molecule has 0 N–H and O–H groups in total. The van der Waals surface area contributed by atoms with Gasteiger partial charge in [0.15, 0.2) is 0 Å². The van der Waals surface area contributed by atoms with Crippen LogP contribution in [0.4, 0.5) is 17.1 Å². The number of benzene rings is 5. The van der Waals surface area contributed by atoms with Crippen molar-refractivity contribution in [3.63, 3.8) is 0 Å². The molecule has 5 aromatic carbocycles. The summed E-state index contributed by atoms with van der Waals surface area (Å²) in [6.07, 6.45) is 0.233. The molecule has 0 unspecified atom stereocenters. The molecule has 0 saturated carbocycles. The summed E-state index contributed by atoms with van der Waals surface area (Å²) >= 11 is 1.74. The Balaban J connectivity index is 0.00000562. The van der Waals surface area contributed by atoms with Crippen LogP contribution < -0.4 is 4.90 Å². The molecular formula is C59H64N4PtS. The number of thioether (sulfide) groups is 1. The molecule has 0 amide bonds. The average Bonchev–Trinajstić information content (AvgIpc) is 3.78. The van der Waals surface area contributed by atoms with Crippen molar-refractivity contribution in [2.24, 2.45) is 10.4 Å². The van der Waals surface area contributed by atoms with Gasteiger partial charge in [-0.05, 0) is 131 Å². The molecule has 4 heterocycles. The maximum atomic E-state index is 9.93. The van der Waals surface area contributed by atoms with Gasteiger partial charge in [-0.15, -0.1) is 58.1 Å². The van der Waals surface area contributed by atoms with Gasteiger partial charge in [0.2, 0.25) is 0 Å². The third kappa shape index (κ3) is 6.78. The molecule has 6 heteroatoms. The Kier molecular flexibility index (Phi) is 9.81. The van der Waals surface area contributed by atoms with E-state index in [0.29, 0.717) is 0 Å². The molecule has 336 valence electrons. The standard InChI is InChI=1S/C59H64N4S.Pt/c1-34-17-19-48-43(23-34)44-31-47-51(32-50(44)63(48)52-30-40(21-22-60-52)54(5,6)7)62(49-20-18-35(2)24-46(49)57(47,14)15)42-28-38(27-41(29-42)55(8,9)10)53-61-58(16)33-39-25-36(3)37(4)26-45(39)59(58,64-53)56(11,12)13;/h17-27,29-31H,33H2,1-16H3;/q-2;+2/t58-,59-;/m1./s1/i33D2;. The fraction of sp³-hybridized carbons (Fsp3) is 0.390. The number of aryl methyl sites for hydroxylation is 4. The molecule has 2 aliphatic heterocycles. The molecule has 0 bridgehead atoms. The molecule has 1 aliphatic carbocycles. The first-order chi connectivity index (χ1) is 30.6. The van der Waals surface area contributed by atoms with E-state index in [1.165, 1.54) is 38.8 Å². The van der Waals surface area contributed by atoms with Gasteiger partial charge < -0.3 is 14.5 Å². The number of pyridine rings is 1. The second-order valence-electron chi connectivity index (χ2n) is 22.8. The molecule has 7 aromatic rings. The SMILES string of the molecule is [2H]C1([2H])c2cc(C)c(C)cc2[C@]2(C(C)(C)C)SC(c3[c-]c(N4c5[c-]c6c(cc5C(C)(C)c5cc(C)ccc54)c4cc(C)ccc4n6-c4cc(C(C)(C)C)ccn4)cc(C(C)(C)C)c3)=N[C@]12C.[Pt+2]. The van der Waals surface area contributed by atoms with Crippen LogP contribution in [0.1, 0.15) is 147 Å². The minimum Gasteiger partial charge on any atom is -0.352 e. The van der Waals surface area contributed by atoms with E-state index in [1.807, 2.05) is 6.20 Å². The normalized spacial score (nSPS) is 21.3. The first-order valence-electron chi connectivity index (χ1n) is 24.0. The maximum Gasteiger partial charge on any atom is 2.00 e. The van der Waals surface area contributed by atoms with Gasteiger partial charge in [0.1, 0.15) is 5.82 Å². The Morgan fingerprint density at radius 1 is 0.692 bits per heavy atom. The topological polar surface area (TPSA) is 33.4 Å². The van der Waals surface area contributed by atoms with E-state index in [9.17, 15) is 2.74 Å². The summed E-state index contributed by atoms with van der Waals surface area (Å²) in [4.78, 5) is 13.1. The number of hydrogen-bond donors (Lipinski definition) is 0. The van der Waals surface area contributed by atoms with Crippen LogP contribution in [0.5, 0.6) is 0 Å². The van der Waals surface area contributed by atoms with Crippen LogP contribution in [-0.2, 0) is 48.4 Å². The predicted molar refractivity (Wildman–Crippen MR) is 273 cm³/mol. The maximum absolute atomic E-state index is 9.93. The number of rotatable bonds is 3. The van der Waals surface area contributed by atoms with Crippen LogP contribution in [0.15, 0.2) is 90.1 Å². The summed E-state index contributed by atoms with van der Waals surface area (Å²) < 4.78 is 21.5.